The van der Waals surface area contributed by atoms with Crippen LogP contribution in [0, 0.1) is 12.8 Å². The lowest BCUT2D eigenvalue weighted by Crippen LogP contribution is -2.48. The first-order valence-corrected chi connectivity index (χ1v) is 8.36. The minimum absolute atomic E-state index is 0.0208. The lowest BCUT2D eigenvalue weighted by molar-refractivity contribution is -0.100. The summed E-state index contributed by atoms with van der Waals surface area (Å²) in [5.41, 5.74) is 1.41. The monoisotopic (exact) mass is 281 g/mol. The van der Waals surface area contributed by atoms with E-state index < -0.39 is 0 Å². The van der Waals surface area contributed by atoms with Crippen LogP contribution in [0.25, 0.3) is 0 Å². The van der Waals surface area contributed by atoms with Crippen LogP contribution in [0.1, 0.15) is 56.0 Å². The summed E-state index contributed by atoms with van der Waals surface area (Å²) in [7, 11) is 2.07. The van der Waals surface area contributed by atoms with E-state index in [-0.39, 0.29) is 5.60 Å². The predicted octanol–water partition coefficient (Wildman–Crippen LogP) is 4.30. The molecule has 1 aliphatic rings. The first-order valence-electron chi connectivity index (χ1n) is 7.48. The second kappa shape index (κ2) is 6.38. The maximum atomic E-state index is 6.31. The zero-order valence-electron chi connectivity index (χ0n) is 12.7. The molecule has 1 aromatic rings. The summed E-state index contributed by atoms with van der Waals surface area (Å²) in [6.45, 7) is 7.50. The van der Waals surface area contributed by atoms with E-state index in [4.69, 9.17) is 4.74 Å². The molecule has 1 fully saturated rings. The molecular formula is C16H27NOS. The highest BCUT2D eigenvalue weighted by molar-refractivity contribution is 7.10. The van der Waals surface area contributed by atoms with Crippen LogP contribution in [-0.4, -0.2) is 19.3 Å². The SMILES string of the molecule is CCOC1(C(NC)c2ccsc2C)CCCC(C)C1. The molecule has 2 nitrogen and oxygen atoms in total. The van der Waals surface area contributed by atoms with E-state index in [0.29, 0.717) is 6.04 Å². The van der Waals surface area contributed by atoms with Crippen LogP contribution in [0.3, 0.4) is 0 Å². The van der Waals surface area contributed by atoms with Crippen LogP contribution in [-0.2, 0) is 4.74 Å². The van der Waals surface area contributed by atoms with Crippen molar-refractivity contribution >= 4 is 11.3 Å². The molecule has 3 unspecified atom stereocenters. The van der Waals surface area contributed by atoms with E-state index in [9.17, 15) is 0 Å². The summed E-state index contributed by atoms with van der Waals surface area (Å²) in [6.07, 6.45) is 4.96. The summed E-state index contributed by atoms with van der Waals surface area (Å²) in [6, 6.07) is 2.59. The quantitative estimate of drug-likeness (QED) is 0.868. The first-order chi connectivity index (χ1) is 9.13. The second-order valence-electron chi connectivity index (χ2n) is 5.85. The fraction of sp³-hybridized carbons (Fsp3) is 0.750. The Balaban J connectivity index is 2.32. The van der Waals surface area contributed by atoms with Crippen LogP contribution < -0.4 is 5.32 Å². The Morgan fingerprint density at radius 2 is 2.37 bits per heavy atom. The van der Waals surface area contributed by atoms with Crippen LogP contribution in [0.4, 0.5) is 0 Å². The van der Waals surface area contributed by atoms with Gasteiger partial charge < -0.3 is 10.1 Å². The minimum Gasteiger partial charge on any atom is -0.373 e. The predicted molar refractivity (Wildman–Crippen MR) is 82.8 cm³/mol. The number of likely N-dealkylation sites (N-methyl/N-ethyl adjacent to an activating group) is 1. The molecule has 2 rings (SSSR count). The molecule has 1 N–H and O–H groups in total. The van der Waals surface area contributed by atoms with Gasteiger partial charge in [-0.2, -0.15) is 0 Å². The smallest absolute Gasteiger partial charge is 0.0878 e. The highest BCUT2D eigenvalue weighted by atomic mass is 32.1. The van der Waals surface area contributed by atoms with Crippen LogP contribution in [0.2, 0.25) is 0 Å². The number of rotatable bonds is 5. The van der Waals surface area contributed by atoms with Gasteiger partial charge in [0, 0.05) is 11.5 Å². The van der Waals surface area contributed by atoms with Crippen molar-refractivity contribution in [3.63, 3.8) is 0 Å². The van der Waals surface area contributed by atoms with Gasteiger partial charge >= 0.3 is 0 Å². The van der Waals surface area contributed by atoms with Crippen molar-refractivity contribution in [1.82, 2.24) is 5.32 Å². The summed E-state index contributed by atoms with van der Waals surface area (Å²) >= 11 is 1.83. The molecule has 0 aromatic carbocycles. The lowest BCUT2D eigenvalue weighted by atomic mass is 9.72. The van der Waals surface area contributed by atoms with Crippen LogP contribution in [0.15, 0.2) is 11.4 Å². The molecule has 108 valence electrons. The van der Waals surface area contributed by atoms with Gasteiger partial charge in [-0.3, -0.25) is 0 Å². The second-order valence-corrected chi connectivity index (χ2v) is 6.97. The number of thiophene rings is 1. The first kappa shape index (κ1) is 15.0. The summed E-state index contributed by atoms with van der Waals surface area (Å²) < 4.78 is 6.31. The average Bonchev–Trinajstić information content (AvgIpc) is 2.77. The number of aryl methyl sites for hydroxylation is 1. The van der Waals surface area contributed by atoms with E-state index in [1.807, 2.05) is 11.3 Å². The molecule has 1 heterocycles. The van der Waals surface area contributed by atoms with Crippen molar-refractivity contribution < 1.29 is 4.74 Å². The number of ether oxygens (including phenoxy) is 1. The maximum Gasteiger partial charge on any atom is 0.0878 e. The molecule has 1 aliphatic carbocycles. The molecule has 3 atom stereocenters. The van der Waals surface area contributed by atoms with Gasteiger partial charge in [0.15, 0.2) is 0 Å². The highest BCUT2D eigenvalue weighted by Gasteiger charge is 2.43. The number of hydrogen-bond acceptors (Lipinski definition) is 3. The fourth-order valence-electron chi connectivity index (χ4n) is 3.70. The third-order valence-electron chi connectivity index (χ3n) is 4.45. The van der Waals surface area contributed by atoms with E-state index in [2.05, 4.69) is 44.6 Å². The maximum absolute atomic E-state index is 6.31. The molecule has 0 bridgehead atoms. The Bertz CT molecular complexity index is 399. The van der Waals surface area contributed by atoms with Crippen LogP contribution in [0.5, 0.6) is 0 Å². The zero-order chi connectivity index (χ0) is 13.9. The Morgan fingerprint density at radius 3 is 2.89 bits per heavy atom. The highest BCUT2D eigenvalue weighted by Crippen LogP contribution is 2.44. The Labute approximate surface area is 121 Å². The van der Waals surface area contributed by atoms with E-state index in [0.717, 1.165) is 12.5 Å². The summed E-state index contributed by atoms with van der Waals surface area (Å²) in [5.74, 6) is 0.759. The van der Waals surface area contributed by atoms with Gasteiger partial charge in [0.2, 0.25) is 0 Å². The molecule has 0 radical (unpaired) electrons. The van der Waals surface area contributed by atoms with Crippen molar-refractivity contribution in [2.24, 2.45) is 5.92 Å². The van der Waals surface area contributed by atoms with Crippen molar-refractivity contribution in [1.29, 1.82) is 0 Å². The van der Waals surface area contributed by atoms with Gasteiger partial charge in [0.1, 0.15) is 0 Å². The van der Waals surface area contributed by atoms with Gasteiger partial charge in [-0.25, -0.2) is 0 Å². The normalized spacial score (nSPS) is 29.4. The Hall–Kier alpha value is -0.380. The molecule has 0 saturated heterocycles. The molecule has 1 saturated carbocycles. The third kappa shape index (κ3) is 3.04. The van der Waals surface area contributed by atoms with E-state index >= 15 is 0 Å². The standard InChI is InChI=1S/C16H27NOS/c1-5-18-16(9-6-7-12(2)11-16)15(17-4)14-8-10-19-13(14)3/h8,10,12,15,17H,5-7,9,11H2,1-4H3. The lowest BCUT2D eigenvalue weighted by Gasteiger charge is -2.45. The Morgan fingerprint density at radius 1 is 1.58 bits per heavy atom. The number of hydrogen-bond donors (Lipinski definition) is 1. The zero-order valence-corrected chi connectivity index (χ0v) is 13.5. The fourth-order valence-corrected chi connectivity index (χ4v) is 4.44. The van der Waals surface area contributed by atoms with Gasteiger partial charge in [0.05, 0.1) is 11.6 Å². The van der Waals surface area contributed by atoms with Crippen molar-refractivity contribution in [2.75, 3.05) is 13.7 Å². The number of nitrogens with one attached hydrogen (secondary N) is 1. The molecule has 0 spiro atoms. The van der Waals surface area contributed by atoms with Crippen molar-refractivity contribution in [2.45, 2.75) is 58.1 Å². The van der Waals surface area contributed by atoms with Gasteiger partial charge in [0.25, 0.3) is 0 Å². The summed E-state index contributed by atoms with van der Waals surface area (Å²) in [4.78, 5) is 1.41. The van der Waals surface area contributed by atoms with E-state index in [1.54, 1.807) is 0 Å². The molecule has 0 aliphatic heterocycles. The van der Waals surface area contributed by atoms with Gasteiger partial charge in [-0.1, -0.05) is 19.8 Å². The minimum atomic E-state index is -0.0208. The van der Waals surface area contributed by atoms with Gasteiger partial charge in [-0.05, 0) is 56.7 Å². The molecule has 0 amide bonds. The van der Waals surface area contributed by atoms with Crippen molar-refractivity contribution in [3.05, 3.63) is 21.9 Å². The molecular weight excluding hydrogens is 254 g/mol. The summed E-state index contributed by atoms with van der Waals surface area (Å²) in [5, 5.41) is 5.74. The Kier molecular flexibility index (Phi) is 5.04. The largest absolute Gasteiger partial charge is 0.373 e. The van der Waals surface area contributed by atoms with Crippen LogP contribution >= 0.6 is 11.3 Å². The topological polar surface area (TPSA) is 21.3 Å². The van der Waals surface area contributed by atoms with Gasteiger partial charge in [-0.15, -0.1) is 11.3 Å². The van der Waals surface area contributed by atoms with E-state index in [1.165, 1.54) is 36.1 Å². The molecule has 3 heteroatoms. The third-order valence-corrected chi connectivity index (χ3v) is 5.31. The average molecular weight is 281 g/mol. The van der Waals surface area contributed by atoms with Crippen molar-refractivity contribution in [3.8, 4) is 0 Å². The molecule has 1 aromatic heterocycles. The molecule has 19 heavy (non-hydrogen) atoms.